The Labute approximate surface area is 115 Å². The highest BCUT2D eigenvalue weighted by Crippen LogP contribution is 2.20. The van der Waals surface area contributed by atoms with Gasteiger partial charge in [-0.3, -0.25) is 9.59 Å². The van der Waals surface area contributed by atoms with Crippen LogP contribution in [0, 0.1) is 5.92 Å². The molecule has 19 heavy (non-hydrogen) atoms. The Bertz CT molecular complexity index is 282. The van der Waals surface area contributed by atoms with Crippen LogP contribution in [0.5, 0.6) is 0 Å². The Morgan fingerprint density at radius 3 is 2.00 bits per heavy atom. The molecular formula is C12H24O6Si. The van der Waals surface area contributed by atoms with Crippen LogP contribution in [0.2, 0.25) is 6.04 Å². The Balaban J connectivity index is 4.41. The van der Waals surface area contributed by atoms with Crippen LogP contribution in [0.25, 0.3) is 0 Å². The minimum Gasteiger partial charge on any atom is -0.465 e. The molecule has 0 amide bonds. The van der Waals surface area contributed by atoms with Gasteiger partial charge in [0.25, 0.3) is 0 Å². The Kier molecular flexibility index (Phi) is 8.82. The molecular weight excluding hydrogens is 268 g/mol. The smallest absolute Gasteiger partial charge is 0.465 e. The number of hydrogen-bond acceptors (Lipinski definition) is 6. The standard InChI is InChI=1S/C12H24O6Si/c1-6-18-12(14)11(10(2)13)8-7-9-19(15-3,16-4)17-5/h11H,6-9H2,1-5H3. The minimum atomic E-state index is -2.64. The third-order valence-electron chi connectivity index (χ3n) is 2.97. The summed E-state index contributed by atoms with van der Waals surface area (Å²) in [6.07, 6.45) is 1.02. The number of ether oxygens (including phenoxy) is 1. The van der Waals surface area contributed by atoms with Gasteiger partial charge in [0.1, 0.15) is 11.7 Å². The number of carbonyl (C=O) groups is 2. The molecule has 0 aliphatic heterocycles. The summed E-state index contributed by atoms with van der Waals surface area (Å²) in [5, 5.41) is 0. The highest BCUT2D eigenvalue weighted by molar-refractivity contribution is 6.60. The van der Waals surface area contributed by atoms with Crippen molar-refractivity contribution in [2.45, 2.75) is 32.7 Å². The molecule has 0 fully saturated rings. The van der Waals surface area contributed by atoms with E-state index < -0.39 is 20.7 Å². The largest absolute Gasteiger partial charge is 0.500 e. The molecule has 0 spiro atoms. The van der Waals surface area contributed by atoms with E-state index in [2.05, 4.69) is 0 Å². The normalized spacial score (nSPS) is 13.1. The third-order valence-corrected chi connectivity index (χ3v) is 5.80. The number of rotatable bonds is 10. The van der Waals surface area contributed by atoms with Crippen LogP contribution >= 0.6 is 0 Å². The molecule has 0 aromatic carbocycles. The summed E-state index contributed by atoms with van der Waals surface area (Å²) in [5.41, 5.74) is 0. The van der Waals surface area contributed by atoms with Crippen molar-refractivity contribution in [1.82, 2.24) is 0 Å². The van der Waals surface area contributed by atoms with Gasteiger partial charge in [-0.25, -0.2) is 0 Å². The molecule has 0 heterocycles. The van der Waals surface area contributed by atoms with Gasteiger partial charge in [-0.2, -0.15) is 0 Å². The van der Waals surface area contributed by atoms with Crippen molar-refractivity contribution in [2.75, 3.05) is 27.9 Å². The van der Waals surface area contributed by atoms with Gasteiger partial charge in [0.15, 0.2) is 0 Å². The summed E-state index contributed by atoms with van der Waals surface area (Å²) in [5.74, 6) is -1.36. The second-order valence-electron chi connectivity index (χ2n) is 4.10. The SMILES string of the molecule is CCOC(=O)C(CCC[Si](OC)(OC)OC)C(C)=O. The van der Waals surface area contributed by atoms with Crippen molar-refractivity contribution < 1.29 is 27.6 Å². The number of Topliss-reactive ketones (excluding diaryl/α,β-unsaturated/α-hetero) is 1. The zero-order valence-electron chi connectivity index (χ0n) is 12.4. The topological polar surface area (TPSA) is 71.1 Å². The van der Waals surface area contributed by atoms with Gasteiger partial charge in [0.05, 0.1) is 6.61 Å². The lowest BCUT2D eigenvalue weighted by molar-refractivity contribution is -0.151. The fourth-order valence-corrected chi connectivity index (χ4v) is 3.56. The van der Waals surface area contributed by atoms with Crippen molar-refractivity contribution in [2.24, 2.45) is 5.92 Å². The average molecular weight is 292 g/mol. The van der Waals surface area contributed by atoms with E-state index in [0.717, 1.165) is 0 Å². The van der Waals surface area contributed by atoms with Gasteiger partial charge in [0, 0.05) is 27.4 Å². The highest BCUT2D eigenvalue weighted by atomic mass is 28.4. The molecule has 6 nitrogen and oxygen atoms in total. The lowest BCUT2D eigenvalue weighted by atomic mass is 10.00. The lowest BCUT2D eigenvalue weighted by Gasteiger charge is -2.24. The molecule has 0 saturated heterocycles. The maximum atomic E-state index is 11.6. The number of hydrogen-bond donors (Lipinski definition) is 0. The van der Waals surface area contributed by atoms with E-state index in [1.54, 1.807) is 6.92 Å². The second-order valence-corrected chi connectivity index (χ2v) is 7.19. The number of ketones is 1. The first-order chi connectivity index (χ1) is 8.96. The van der Waals surface area contributed by atoms with E-state index in [-0.39, 0.29) is 12.4 Å². The minimum absolute atomic E-state index is 0.182. The Morgan fingerprint density at radius 2 is 1.63 bits per heavy atom. The van der Waals surface area contributed by atoms with Crippen molar-refractivity contribution in [3.05, 3.63) is 0 Å². The Morgan fingerprint density at radius 1 is 1.11 bits per heavy atom. The number of carbonyl (C=O) groups excluding carboxylic acids is 2. The zero-order chi connectivity index (χ0) is 14.9. The predicted octanol–water partition coefficient (Wildman–Crippen LogP) is 1.41. The lowest BCUT2D eigenvalue weighted by Crippen LogP contribution is -2.42. The summed E-state index contributed by atoms with van der Waals surface area (Å²) >= 11 is 0. The van der Waals surface area contributed by atoms with Crippen LogP contribution in [-0.2, 0) is 27.6 Å². The van der Waals surface area contributed by atoms with Gasteiger partial charge in [0.2, 0.25) is 0 Å². The molecule has 7 heteroatoms. The second kappa shape index (κ2) is 9.19. The van der Waals surface area contributed by atoms with Crippen LogP contribution in [-0.4, -0.2) is 48.5 Å². The summed E-state index contributed by atoms with van der Waals surface area (Å²) < 4.78 is 20.7. The highest BCUT2D eigenvalue weighted by Gasteiger charge is 2.37. The quantitative estimate of drug-likeness (QED) is 0.344. The molecule has 0 rings (SSSR count). The van der Waals surface area contributed by atoms with Crippen molar-refractivity contribution in [3.8, 4) is 0 Å². The monoisotopic (exact) mass is 292 g/mol. The van der Waals surface area contributed by atoms with Crippen molar-refractivity contribution in [1.29, 1.82) is 0 Å². The maximum Gasteiger partial charge on any atom is 0.500 e. The molecule has 0 aromatic heterocycles. The predicted molar refractivity (Wildman–Crippen MR) is 71.6 cm³/mol. The van der Waals surface area contributed by atoms with E-state index in [4.69, 9.17) is 18.0 Å². The molecule has 0 saturated carbocycles. The molecule has 0 N–H and O–H groups in total. The van der Waals surface area contributed by atoms with E-state index in [9.17, 15) is 9.59 Å². The van der Waals surface area contributed by atoms with Crippen LogP contribution in [0.4, 0.5) is 0 Å². The van der Waals surface area contributed by atoms with E-state index in [1.165, 1.54) is 28.3 Å². The fraction of sp³-hybridized carbons (Fsp3) is 0.833. The van der Waals surface area contributed by atoms with E-state index >= 15 is 0 Å². The Hall–Kier alpha value is -0.763. The molecule has 1 atom stereocenters. The fourth-order valence-electron chi connectivity index (χ4n) is 1.81. The van der Waals surface area contributed by atoms with E-state index in [1.807, 2.05) is 0 Å². The van der Waals surface area contributed by atoms with E-state index in [0.29, 0.717) is 18.9 Å². The summed E-state index contributed by atoms with van der Waals surface area (Å²) in [4.78, 5) is 23.1. The van der Waals surface area contributed by atoms with Crippen LogP contribution in [0.15, 0.2) is 0 Å². The molecule has 0 aliphatic carbocycles. The molecule has 0 aliphatic rings. The molecule has 0 aromatic rings. The first kappa shape index (κ1) is 18.2. The van der Waals surface area contributed by atoms with Crippen molar-refractivity contribution in [3.63, 3.8) is 0 Å². The summed E-state index contributed by atoms with van der Waals surface area (Å²) in [6, 6.07) is 0.555. The third kappa shape index (κ3) is 5.81. The average Bonchev–Trinajstić information content (AvgIpc) is 2.39. The van der Waals surface area contributed by atoms with Gasteiger partial charge >= 0.3 is 14.8 Å². The van der Waals surface area contributed by atoms with Crippen molar-refractivity contribution >= 4 is 20.6 Å². The van der Waals surface area contributed by atoms with Gasteiger partial charge in [-0.15, -0.1) is 0 Å². The first-order valence-corrected chi connectivity index (χ1v) is 8.22. The van der Waals surface area contributed by atoms with Gasteiger partial charge in [-0.1, -0.05) is 0 Å². The zero-order valence-corrected chi connectivity index (χ0v) is 13.4. The first-order valence-electron chi connectivity index (χ1n) is 6.28. The maximum absolute atomic E-state index is 11.6. The molecule has 112 valence electrons. The number of esters is 1. The van der Waals surface area contributed by atoms with Gasteiger partial charge < -0.3 is 18.0 Å². The summed E-state index contributed by atoms with van der Waals surface area (Å²) in [6.45, 7) is 3.39. The van der Waals surface area contributed by atoms with Crippen LogP contribution in [0.1, 0.15) is 26.7 Å². The molecule has 0 bridgehead atoms. The molecule has 0 radical (unpaired) electrons. The summed E-state index contributed by atoms with van der Waals surface area (Å²) in [7, 11) is 1.97. The van der Waals surface area contributed by atoms with Gasteiger partial charge in [-0.05, 0) is 26.7 Å². The molecule has 1 unspecified atom stereocenters. The van der Waals surface area contributed by atoms with Crippen LogP contribution in [0.3, 0.4) is 0 Å². The van der Waals surface area contributed by atoms with Crippen LogP contribution < -0.4 is 0 Å².